The minimum Gasteiger partial charge on any atom is -0.324 e. The minimum atomic E-state index is -0.309. The second-order valence-electron chi connectivity index (χ2n) is 4.15. The van der Waals surface area contributed by atoms with Gasteiger partial charge in [-0.1, -0.05) is 12.1 Å². The summed E-state index contributed by atoms with van der Waals surface area (Å²) in [5.41, 5.74) is 1.14. The zero-order valence-electron chi connectivity index (χ0n) is 9.44. The van der Waals surface area contributed by atoms with Gasteiger partial charge in [-0.3, -0.25) is 10.1 Å². The summed E-state index contributed by atoms with van der Waals surface area (Å²) in [6.07, 6.45) is 1.08. The predicted molar refractivity (Wildman–Crippen MR) is 72.6 cm³/mol. The normalized spacial score (nSPS) is 20.4. The molecule has 1 heterocycles. The lowest BCUT2D eigenvalue weighted by Gasteiger charge is -2.32. The molecule has 0 saturated carbocycles. The molecule has 90 valence electrons. The Morgan fingerprint density at radius 2 is 2.00 bits per heavy atom. The van der Waals surface area contributed by atoms with E-state index in [9.17, 15) is 9.59 Å². The first-order valence-corrected chi connectivity index (χ1v) is 6.45. The third kappa shape index (κ3) is 2.96. The number of hydrogen-bond donors (Lipinski definition) is 1. The van der Waals surface area contributed by atoms with Gasteiger partial charge in [0.15, 0.2) is 0 Å². The van der Waals surface area contributed by atoms with Crippen molar-refractivity contribution in [2.24, 2.45) is 0 Å². The summed E-state index contributed by atoms with van der Waals surface area (Å²) in [7, 11) is 1.72. The van der Waals surface area contributed by atoms with E-state index in [2.05, 4.69) is 27.9 Å². The third-order valence-electron chi connectivity index (χ3n) is 2.92. The Morgan fingerprint density at radius 1 is 1.35 bits per heavy atom. The molecule has 4 nitrogen and oxygen atoms in total. The van der Waals surface area contributed by atoms with Crippen molar-refractivity contribution in [2.75, 3.05) is 7.05 Å². The van der Waals surface area contributed by atoms with Crippen LogP contribution in [0.2, 0.25) is 0 Å². The first-order chi connectivity index (χ1) is 8.06. The molecule has 1 aliphatic rings. The summed E-state index contributed by atoms with van der Waals surface area (Å²) < 4.78 is 1.18. The highest BCUT2D eigenvalue weighted by atomic mass is 127. The molecule has 17 heavy (non-hydrogen) atoms. The van der Waals surface area contributed by atoms with Crippen molar-refractivity contribution in [3.05, 3.63) is 33.4 Å². The molecule has 3 amide bonds. The molecule has 1 N–H and O–H groups in total. The summed E-state index contributed by atoms with van der Waals surface area (Å²) in [6, 6.07) is 7.77. The van der Waals surface area contributed by atoms with Gasteiger partial charge in [0, 0.05) is 23.1 Å². The Hall–Kier alpha value is -1.11. The number of carbonyl (C=O) groups is 2. The molecule has 0 bridgehead atoms. The van der Waals surface area contributed by atoms with Gasteiger partial charge in [0.25, 0.3) is 0 Å². The maximum Gasteiger partial charge on any atom is 0.324 e. The molecule has 1 saturated heterocycles. The number of likely N-dealkylation sites (N-methyl/N-ethyl adjacent to an activating group) is 1. The second kappa shape index (κ2) is 5.03. The van der Waals surface area contributed by atoms with Gasteiger partial charge in [-0.25, -0.2) is 4.79 Å². The van der Waals surface area contributed by atoms with Gasteiger partial charge < -0.3 is 4.90 Å². The summed E-state index contributed by atoms with van der Waals surface area (Å²) in [6.45, 7) is 0. The van der Waals surface area contributed by atoms with Gasteiger partial charge in [0.05, 0.1) is 0 Å². The van der Waals surface area contributed by atoms with Crippen LogP contribution >= 0.6 is 22.6 Å². The fraction of sp³-hybridized carbons (Fsp3) is 0.333. The molecule has 2 rings (SSSR count). The van der Waals surface area contributed by atoms with E-state index in [4.69, 9.17) is 0 Å². The van der Waals surface area contributed by atoms with Gasteiger partial charge in [-0.15, -0.1) is 0 Å². The number of urea groups is 1. The van der Waals surface area contributed by atoms with E-state index in [1.807, 2.05) is 24.3 Å². The van der Waals surface area contributed by atoms with Crippen LogP contribution in [0.3, 0.4) is 0 Å². The lowest BCUT2D eigenvalue weighted by Crippen LogP contribution is -2.53. The van der Waals surface area contributed by atoms with E-state index >= 15 is 0 Å². The highest BCUT2D eigenvalue weighted by molar-refractivity contribution is 14.1. The molecule has 1 fully saturated rings. The smallest absolute Gasteiger partial charge is 0.324 e. The Balaban J connectivity index is 2.09. The fourth-order valence-electron chi connectivity index (χ4n) is 1.88. The molecule has 1 aromatic rings. The number of nitrogens with zero attached hydrogens (tertiary/aromatic N) is 1. The maximum atomic E-state index is 11.5. The average molecular weight is 344 g/mol. The molecular formula is C12H13IN2O2. The Bertz CT molecular complexity index is 444. The van der Waals surface area contributed by atoms with Crippen LogP contribution in [0.25, 0.3) is 0 Å². The first kappa shape index (κ1) is 12.3. The van der Waals surface area contributed by atoms with Crippen LogP contribution in [0.4, 0.5) is 4.79 Å². The lowest BCUT2D eigenvalue weighted by molar-refractivity contribution is -0.122. The second-order valence-corrected chi connectivity index (χ2v) is 5.40. The number of imide groups is 1. The zero-order valence-corrected chi connectivity index (χ0v) is 11.6. The SMILES string of the molecule is CN1C(=O)NC(=O)CC1Cc1ccc(I)cc1. The average Bonchev–Trinajstić information content (AvgIpc) is 2.28. The molecule has 0 radical (unpaired) electrons. The standard InChI is InChI=1S/C12H13IN2O2/c1-15-10(7-11(16)14-12(15)17)6-8-2-4-9(13)5-3-8/h2-5,10H,6-7H2,1H3,(H,14,16,17). The molecule has 0 aliphatic carbocycles. The van der Waals surface area contributed by atoms with Crippen LogP contribution in [0.15, 0.2) is 24.3 Å². The number of benzene rings is 1. The van der Waals surface area contributed by atoms with Crippen molar-refractivity contribution in [1.29, 1.82) is 0 Å². The van der Waals surface area contributed by atoms with Gasteiger partial charge >= 0.3 is 6.03 Å². The molecular weight excluding hydrogens is 331 g/mol. The van der Waals surface area contributed by atoms with Crippen molar-refractivity contribution in [2.45, 2.75) is 18.9 Å². The van der Waals surface area contributed by atoms with Gasteiger partial charge in [-0.05, 0) is 46.7 Å². The van der Waals surface area contributed by atoms with Crippen LogP contribution in [-0.4, -0.2) is 29.9 Å². The van der Waals surface area contributed by atoms with Crippen LogP contribution in [0.5, 0.6) is 0 Å². The van der Waals surface area contributed by atoms with Gasteiger partial charge in [-0.2, -0.15) is 0 Å². The third-order valence-corrected chi connectivity index (χ3v) is 3.64. The molecule has 1 atom stereocenters. The minimum absolute atomic E-state index is 0.0451. The maximum absolute atomic E-state index is 11.5. The van der Waals surface area contributed by atoms with E-state index in [0.717, 1.165) is 5.56 Å². The molecule has 5 heteroatoms. The van der Waals surface area contributed by atoms with Crippen molar-refractivity contribution in [1.82, 2.24) is 10.2 Å². The van der Waals surface area contributed by atoms with E-state index in [1.165, 1.54) is 3.57 Å². The van der Waals surface area contributed by atoms with Crippen LogP contribution < -0.4 is 5.32 Å². The number of hydrogen-bond acceptors (Lipinski definition) is 2. The summed E-state index contributed by atoms with van der Waals surface area (Å²) in [4.78, 5) is 24.4. The Morgan fingerprint density at radius 3 is 2.65 bits per heavy atom. The number of rotatable bonds is 2. The Kier molecular flexibility index (Phi) is 3.66. The van der Waals surface area contributed by atoms with Crippen LogP contribution in [0, 0.1) is 3.57 Å². The summed E-state index contributed by atoms with van der Waals surface area (Å²) in [5, 5.41) is 2.30. The highest BCUT2D eigenvalue weighted by Gasteiger charge is 2.29. The highest BCUT2D eigenvalue weighted by Crippen LogP contribution is 2.15. The van der Waals surface area contributed by atoms with Crippen LogP contribution in [0.1, 0.15) is 12.0 Å². The van der Waals surface area contributed by atoms with Crippen molar-refractivity contribution < 1.29 is 9.59 Å². The summed E-state index contributed by atoms with van der Waals surface area (Å²) in [5.74, 6) is -0.191. The number of nitrogens with one attached hydrogen (secondary N) is 1. The monoisotopic (exact) mass is 344 g/mol. The quantitative estimate of drug-likeness (QED) is 0.832. The van der Waals surface area contributed by atoms with E-state index in [0.29, 0.717) is 12.8 Å². The number of carbonyl (C=O) groups excluding carboxylic acids is 2. The number of amides is 3. The largest absolute Gasteiger partial charge is 0.324 e. The summed E-state index contributed by atoms with van der Waals surface area (Å²) >= 11 is 2.25. The fourth-order valence-corrected chi connectivity index (χ4v) is 2.24. The topological polar surface area (TPSA) is 49.4 Å². The van der Waals surface area contributed by atoms with E-state index in [-0.39, 0.29) is 18.0 Å². The molecule has 1 aromatic carbocycles. The molecule has 0 spiro atoms. The lowest BCUT2D eigenvalue weighted by atomic mass is 10.0. The van der Waals surface area contributed by atoms with Crippen molar-refractivity contribution >= 4 is 34.5 Å². The number of halogens is 1. The molecule has 1 unspecified atom stereocenters. The van der Waals surface area contributed by atoms with Crippen LogP contribution in [-0.2, 0) is 11.2 Å². The first-order valence-electron chi connectivity index (χ1n) is 5.37. The van der Waals surface area contributed by atoms with E-state index in [1.54, 1.807) is 11.9 Å². The predicted octanol–water partition coefficient (Wildman–Crippen LogP) is 1.77. The van der Waals surface area contributed by atoms with Crippen molar-refractivity contribution in [3.63, 3.8) is 0 Å². The van der Waals surface area contributed by atoms with Gasteiger partial charge in [0.1, 0.15) is 0 Å². The Labute approximate surface area is 114 Å². The van der Waals surface area contributed by atoms with Gasteiger partial charge in [0.2, 0.25) is 5.91 Å². The zero-order chi connectivity index (χ0) is 12.4. The van der Waals surface area contributed by atoms with E-state index < -0.39 is 0 Å². The molecule has 0 aromatic heterocycles. The molecule has 1 aliphatic heterocycles. The van der Waals surface area contributed by atoms with Crippen molar-refractivity contribution in [3.8, 4) is 0 Å².